The predicted molar refractivity (Wildman–Crippen MR) is 109 cm³/mol. The van der Waals surface area contributed by atoms with Gasteiger partial charge in [-0.25, -0.2) is 9.18 Å². The highest BCUT2D eigenvalue weighted by Crippen LogP contribution is 2.24. The molecule has 1 saturated heterocycles. The summed E-state index contributed by atoms with van der Waals surface area (Å²) in [5.41, 5.74) is 2.91. The van der Waals surface area contributed by atoms with Crippen molar-refractivity contribution in [2.75, 3.05) is 38.6 Å². The second-order valence-corrected chi connectivity index (χ2v) is 7.40. The molecule has 1 aliphatic heterocycles. The van der Waals surface area contributed by atoms with Crippen LogP contribution in [-0.4, -0.2) is 49.1 Å². The number of carbonyl (C=O) groups is 1. The number of urea groups is 1. The van der Waals surface area contributed by atoms with Crippen molar-refractivity contribution >= 4 is 11.7 Å². The van der Waals surface area contributed by atoms with E-state index in [9.17, 15) is 9.18 Å². The molecule has 2 aromatic rings. The van der Waals surface area contributed by atoms with Crippen LogP contribution in [0, 0.1) is 5.82 Å². The van der Waals surface area contributed by atoms with Crippen LogP contribution < -0.4 is 10.1 Å². The number of hydrogen-bond donors (Lipinski definition) is 1. The number of carbonyl (C=O) groups excluding carboxylic acids is 1. The monoisotopic (exact) mass is 385 g/mol. The van der Waals surface area contributed by atoms with Crippen molar-refractivity contribution in [1.82, 2.24) is 9.80 Å². The number of methoxy groups -OCH3 is 1. The molecule has 1 aliphatic rings. The van der Waals surface area contributed by atoms with Crippen molar-refractivity contribution in [3.8, 4) is 5.75 Å². The number of hydrogen-bond acceptors (Lipinski definition) is 3. The summed E-state index contributed by atoms with van der Waals surface area (Å²) < 4.78 is 18.8. The number of halogens is 1. The van der Waals surface area contributed by atoms with Crippen LogP contribution in [0.5, 0.6) is 5.75 Å². The normalized spacial score (nSPS) is 15.0. The standard InChI is InChI=1S/C22H28FN3O2/c1-16(2)18-6-4-5-7-20(18)24-22(27)26-12-10-25(11-13-26)15-17-8-9-21(28-3)19(23)14-17/h4-9,14,16H,10-13,15H2,1-3H3,(H,24,27). The van der Waals surface area contributed by atoms with Crippen LogP contribution in [0.25, 0.3) is 0 Å². The van der Waals surface area contributed by atoms with Crippen LogP contribution in [0.4, 0.5) is 14.9 Å². The first kappa shape index (κ1) is 20.1. The summed E-state index contributed by atoms with van der Waals surface area (Å²) in [6, 6.07) is 12.9. The van der Waals surface area contributed by atoms with Crippen LogP contribution in [0.15, 0.2) is 42.5 Å². The van der Waals surface area contributed by atoms with Gasteiger partial charge in [-0.1, -0.05) is 38.1 Å². The minimum absolute atomic E-state index is 0.0664. The average molecular weight is 385 g/mol. The molecule has 0 aliphatic carbocycles. The topological polar surface area (TPSA) is 44.8 Å². The molecule has 5 nitrogen and oxygen atoms in total. The van der Waals surface area contributed by atoms with Gasteiger partial charge in [0.05, 0.1) is 7.11 Å². The third-order valence-corrected chi connectivity index (χ3v) is 5.11. The van der Waals surface area contributed by atoms with Crippen molar-refractivity contribution in [2.45, 2.75) is 26.3 Å². The lowest BCUT2D eigenvalue weighted by Gasteiger charge is -2.35. The molecular formula is C22H28FN3O2. The zero-order valence-electron chi connectivity index (χ0n) is 16.7. The summed E-state index contributed by atoms with van der Waals surface area (Å²) in [6.45, 7) is 7.70. The second kappa shape index (κ2) is 9.06. The van der Waals surface area contributed by atoms with Gasteiger partial charge in [-0.15, -0.1) is 0 Å². The molecule has 0 saturated carbocycles. The lowest BCUT2D eigenvalue weighted by Crippen LogP contribution is -2.49. The number of para-hydroxylation sites is 1. The summed E-state index contributed by atoms with van der Waals surface area (Å²) >= 11 is 0. The van der Waals surface area contributed by atoms with Gasteiger partial charge in [-0.2, -0.15) is 0 Å². The maximum Gasteiger partial charge on any atom is 0.321 e. The van der Waals surface area contributed by atoms with Crippen molar-refractivity contribution in [2.24, 2.45) is 0 Å². The van der Waals surface area contributed by atoms with Crippen LogP contribution >= 0.6 is 0 Å². The van der Waals surface area contributed by atoms with E-state index in [2.05, 4.69) is 24.1 Å². The summed E-state index contributed by atoms with van der Waals surface area (Å²) in [5, 5.41) is 3.05. The quantitative estimate of drug-likeness (QED) is 0.834. The Labute approximate surface area is 166 Å². The molecule has 1 heterocycles. The van der Waals surface area contributed by atoms with Gasteiger partial charge in [-0.3, -0.25) is 4.90 Å². The van der Waals surface area contributed by atoms with E-state index in [0.29, 0.717) is 25.6 Å². The molecule has 0 aromatic heterocycles. The highest BCUT2D eigenvalue weighted by Gasteiger charge is 2.22. The number of nitrogens with one attached hydrogen (secondary N) is 1. The molecule has 0 bridgehead atoms. The van der Waals surface area contributed by atoms with E-state index >= 15 is 0 Å². The van der Waals surface area contributed by atoms with Crippen molar-refractivity contribution in [3.05, 3.63) is 59.4 Å². The van der Waals surface area contributed by atoms with Crippen LogP contribution in [0.3, 0.4) is 0 Å². The molecule has 0 unspecified atom stereocenters. The summed E-state index contributed by atoms with van der Waals surface area (Å²) in [7, 11) is 1.46. The molecule has 2 aromatic carbocycles. The molecule has 150 valence electrons. The largest absolute Gasteiger partial charge is 0.494 e. The summed E-state index contributed by atoms with van der Waals surface area (Å²) in [6.07, 6.45) is 0. The Hall–Kier alpha value is -2.60. The molecule has 3 rings (SSSR count). The van der Waals surface area contributed by atoms with E-state index in [1.54, 1.807) is 6.07 Å². The minimum atomic E-state index is -0.346. The van der Waals surface area contributed by atoms with E-state index in [0.717, 1.165) is 29.9 Å². The van der Waals surface area contributed by atoms with E-state index in [4.69, 9.17) is 4.74 Å². The third-order valence-electron chi connectivity index (χ3n) is 5.11. The molecule has 0 spiro atoms. The van der Waals surface area contributed by atoms with E-state index in [1.807, 2.05) is 35.2 Å². The number of nitrogens with zero attached hydrogens (tertiary/aromatic N) is 2. The van der Waals surface area contributed by atoms with Gasteiger partial charge in [0, 0.05) is 38.4 Å². The smallest absolute Gasteiger partial charge is 0.321 e. The van der Waals surface area contributed by atoms with Crippen LogP contribution in [0.2, 0.25) is 0 Å². The van der Waals surface area contributed by atoms with E-state index in [-0.39, 0.29) is 17.6 Å². The fourth-order valence-electron chi connectivity index (χ4n) is 3.48. The Morgan fingerprint density at radius 2 is 1.86 bits per heavy atom. The number of amides is 2. The van der Waals surface area contributed by atoms with E-state index in [1.165, 1.54) is 13.2 Å². The van der Waals surface area contributed by atoms with Crippen LogP contribution in [0.1, 0.15) is 30.9 Å². The summed E-state index contributed by atoms with van der Waals surface area (Å²) in [4.78, 5) is 16.7. The lowest BCUT2D eigenvalue weighted by molar-refractivity contribution is 0.143. The molecule has 1 fully saturated rings. The van der Waals surface area contributed by atoms with Gasteiger partial charge >= 0.3 is 6.03 Å². The fraction of sp³-hybridized carbons (Fsp3) is 0.409. The molecule has 0 atom stereocenters. The third kappa shape index (κ3) is 4.81. The van der Waals surface area contributed by atoms with Crippen molar-refractivity contribution < 1.29 is 13.9 Å². The van der Waals surface area contributed by atoms with Gasteiger partial charge in [0.1, 0.15) is 0 Å². The Bertz CT molecular complexity index is 817. The zero-order valence-corrected chi connectivity index (χ0v) is 16.7. The number of rotatable bonds is 5. The Balaban J connectivity index is 1.54. The maximum atomic E-state index is 13.9. The average Bonchev–Trinajstić information content (AvgIpc) is 2.69. The first-order valence-corrected chi connectivity index (χ1v) is 9.67. The lowest BCUT2D eigenvalue weighted by atomic mass is 10.0. The molecule has 0 radical (unpaired) electrons. The number of benzene rings is 2. The molecule has 2 amide bonds. The van der Waals surface area contributed by atoms with E-state index < -0.39 is 0 Å². The fourth-order valence-corrected chi connectivity index (χ4v) is 3.48. The minimum Gasteiger partial charge on any atom is -0.494 e. The highest BCUT2D eigenvalue weighted by atomic mass is 19.1. The Morgan fingerprint density at radius 1 is 1.14 bits per heavy atom. The highest BCUT2D eigenvalue weighted by molar-refractivity contribution is 5.90. The number of piperazine rings is 1. The van der Waals surface area contributed by atoms with Gasteiger partial charge in [0.25, 0.3) is 0 Å². The summed E-state index contributed by atoms with van der Waals surface area (Å²) in [5.74, 6) is 0.256. The first-order valence-electron chi connectivity index (χ1n) is 9.67. The Kier molecular flexibility index (Phi) is 6.52. The van der Waals surface area contributed by atoms with Crippen LogP contribution in [-0.2, 0) is 6.54 Å². The second-order valence-electron chi connectivity index (χ2n) is 7.40. The van der Waals surface area contributed by atoms with Crippen molar-refractivity contribution in [1.29, 1.82) is 0 Å². The Morgan fingerprint density at radius 3 is 2.50 bits per heavy atom. The number of ether oxygens (including phenoxy) is 1. The maximum absolute atomic E-state index is 13.9. The number of anilines is 1. The van der Waals surface area contributed by atoms with Gasteiger partial charge in [0.2, 0.25) is 0 Å². The predicted octanol–water partition coefficient (Wildman–Crippen LogP) is 4.31. The van der Waals surface area contributed by atoms with Gasteiger partial charge < -0.3 is 15.0 Å². The molecule has 1 N–H and O–H groups in total. The SMILES string of the molecule is COc1ccc(CN2CCN(C(=O)Nc3ccccc3C(C)C)CC2)cc1F. The first-order chi connectivity index (χ1) is 13.5. The van der Waals surface area contributed by atoms with Crippen molar-refractivity contribution in [3.63, 3.8) is 0 Å². The molecular weight excluding hydrogens is 357 g/mol. The van der Waals surface area contributed by atoms with Gasteiger partial charge in [0.15, 0.2) is 11.6 Å². The van der Waals surface area contributed by atoms with Gasteiger partial charge in [-0.05, 0) is 35.2 Å². The molecule has 28 heavy (non-hydrogen) atoms. The molecule has 6 heteroatoms. The zero-order chi connectivity index (χ0) is 20.1.